The van der Waals surface area contributed by atoms with Crippen molar-refractivity contribution in [2.24, 2.45) is 0 Å². The average Bonchev–Trinajstić information content (AvgIpc) is 2.35. The fraction of sp³-hybridized carbons (Fsp3) is 1.00. The second-order valence-corrected chi connectivity index (χ2v) is 6.77. The summed E-state index contributed by atoms with van der Waals surface area (Å²) in [5, 5.41) is -6.63. The van der Waals surface area contributed by atoms with E-state index in [-0.39, 0.29) is 0 Å². The Bertz CT molecular complexity index is 476. The fourth-order valence-electron chi connectivity index (χ4n) is 1.81. The van der Waals surface area contributed by atoms with Gasteiger partial charge in [-0.1, -0.05) is 0 Å². The third kappa shape index (κ3) is 3.76. The van der Waals surface area contributed by atoms with Gasteiger partial charge in [0.05, 0.1) is 0 Å². The molecule has 0 saturated carbocycles. The lowest BCUT2D eigenvalue weighted by atomic mass is 10.5. The number of hydrogen-bond donors (Lipinski definition) is 2. The highest BCUT2D eigenvalue weighted by Gasteiger charge is 2.73. The molecule has 0 rings (SSSR count). The zero-order chi connectivity index (χ0) is 17.7. The highest BCUT2D eigenvalue weighted by Crippen LogP contribution is 2.41. The van der Waals surface area contributed by atoms with Crippen LogP contribution in [-0.4, -0.2) is 62.6 Å². The summed E-state index contributed by atoms with van der Waals surface area (Å²) in [6, 6.07) is 0. The Morgan fingerprint density at radius 1 is 0.636 bits per heavy atom. The van der Waals surface area contributed by atoms with E-state index < -0.39 is 56.9 Å². The van der Waals surface area contributed by atoms with Crippen LogP contribution in [0.15, 0.2) is 0 Å². The number of rotatable bonds is 11. The van der Waals surface area contributed by atoms with Crippen LogP contribution in [0.25, 0.3) is 0 Å². The lowest BCUT2D eigenvalue weighted by Gasteiger charge is -2.42. The SMILES string of the molecule is CCOC(OCC)(C(OCC)(OCC)S(=O)(=O)O)S(=O)(=O)O. The lowest BCUT2D eigenvalue weighted by molar-refractivity contribution is -0.334. The highest BCUT2D eigenvalue weighted by atomic mass is 32.2. The molecule has 2 N–H and O–H groups in total. The van der Waals surface area contributed by atoms with E-state index in [1.54, 1.807) is 0 Å². The van der Waals surface area contributed by atoms with E-state index in [4.69, 9.17) is 18.9 Å². The molecule has 134 valence electrons. The Hall–Kier alpha value is -0.340. The molecule has 0 aliphatic rings. The topological polar surface area (TPSA) is 146 Å². The van der Waals surface area contributed by atoms with Crippen LogP contribution < -0.4 is 0 Å². The van der Waals surface area contributed by atoms with E-state index in [0.29, 0.717) is 0 Å². The van der Waals surface area contributed by atoms with Crippen molar-refractivity contribution in [3.63, 3.8) is 0 Å². The minimum absolute atomic E-state index is 0.392. The molecule has 0 saturated heterocycles. The van der Waals surface area contributed by atoms with E-state index in [2.05, 4.69) is 0 Å². The third-order valence-corrected chi connectivity index (χ3v) is 4.89. The Labute approximate surface area is 130 Å². The van der Waals surface area contributed by atoms with E-state index in [9.17, 15) is 25.9 Å². The number of ether oxygens (including phenoxy) is 4. The third-order valence-electron chi connectivity index (χ3n) is 2.39. The predicted octanol–water partition coefficient (Wildman–Crippen LogP) is 0.216. The van der Waals surface area contributed by atoms with Crippen LogP contribution in [0.1, 0.15) is 27.7 Å². The smallest absolute Gasteiger partial charge is 0.331 e. The monoisotopic (exact) mass is 366 g/mol. The second kappa shape index (κ2) is 7.97. The zero-order valence-corrected chi connectivity index (χ0v) is 14.4. The summed E-state index contributed by atoms with van der Waals surface area (Å²) in [5.74, 6) is 0. The van der Waals surface area contributed by atoms with Crippen LogP contribution in [0.3, 0.4) is 0 Å². The molecule has 10 nitrogen and oxygen atoms in total. The van der Waals surface area contributed by atoms with Gasteiger partial charge in [-0.25, -0.2) is 0 Å². The Kier molecular flexibility index (Phi) is 7.84. The van der Waals surface area contributed by atoms with Gasteiger partial charge in [-0.05, 0) is 27.7 Å². The molecule has 0 radical (unpaired) electrons. The van der Waals surface area contributed by atoms with Crippen molar-refractivity contribution < 1.29 is 44.9 Å². The van der Waals surface area contributed by atoms with Crippen molar-refractivity contribution in [3.05, 3.63) is 0 Å². The summed E-state index contributed by atoms with van der Waals surface area (Å²) < 4.78 is 86.0. The summed E-state index contributed by atoms with van der Waals surface area (Å²) in [5.41, 5.74) is 0. The van der Waals surface area contributed by atoms with Crippen molar-refractivity contribution in [3.8, 4) is 0 Å². The van der Waals surface area contributed by atoms with Crippen molar-refractivity contribution in [1.29, 1.82) is 0 Å². The summed E-state index contributed by atoms with van der Waals surface area (Å²) in [4.78, 5) is 0. The normalized spacial score (nSPS) is 14.3. The van der Waals surface area contributed by atoms with Crippen molar-refractivity contribution in [1.82, 2.24) is 0 Å². The Morgan fingerprint density at radius 3 is 0.909 bits per heavy atom. The van der Waals surface area contributed by atoms with Gasteiger partial charge in [0.15, 0.2) is 0 Å². The van der Waals surface area contributed by atoms with Gasteiger partial charge in [-0.2, -0.15) is 16.8 Å². The van der Waals surface area contributed by atoms with Crippen molar-refractivity contribution in [2.75, 3.05) is 26.4 Å². The molecular formula is C10H22O10S2. The van der Waals surface area contributed by atoms with Gasteiger partial charge in [0.25, 0.3) is 0 Å². The molecule has 0 bridgehead atoms. The first kappa shape index (κ1) is 21.7. The molecular weight excluding hydrogens is 344 g/mol. The molecule has 0 aromatic rings. The predicted molar refractivity (Wildman–Crippen MR) is 75.1 cm³/mol. The molecule has 22 heavy (non-hydrogen) atoms. The average molecular weight is 366 g/mol. The van der Waals surface area contributed by atoms with Crippen LogP contribution in [0.2, 0.25) is 0 Å². The maximum atomic E-state index is 11.8. The summed E-state index contributed by atoms with van der Waals surface area (Å²) in [6.45, 7) is 3.73. The highest BCUT2D eigenvalue weighted by molar-refractivity contribution is 7.91. The van der Waals surface area contributed by atoms with Crippen LogP contribution in [-0.2, 0) is 39.2 Å². The van der Waals surface area contributed by atoms with Crippen LogP contribution in [0.5, 0.6) is 0 Å². The molecule has 0 fully saturated rings. The minimum Gasteiger partial charge on any atom is -0.331 e. The minimum atomic E-state index is -5.37. The van der Waals surface area contributed by atoms with Crippen LogP contribution >= 0.6 is 0 Å². The standard InChI is InChI=1S/C10H22O10S2/c1-5-17-9(18-6-2,21(11,12)13)10(19-7-3,20-8-4)22(14,15)16/h5-8H2,1-4H3,(H,11,12,13)(H,14,15,16). The summed E-state index contributed by atoms with van der Waals surface area (Å²) >= 11 is 0. The van der Waals surface area contributed by atoms with Crippen LogP contribution in [0, 0.1) is 0 Å². The van der Waals surface area contributed by atoms with E-state index in [0.717, 1.165) is 0 Å². The Balaban J connectivity index is 6.75. The number of hydrogen-bond acceptors (Lipinski definition) is 8. The van der Waals surface area contributed by atoms with Gasteiger partial charge in [0.2, 0.25) is 0 Å². The Morgan fingerprint density at radius 2 is 0.818 bits per heavy atom. The van der Waals surface area contributed by atoms with E-state index in [1.807, 2.05) is 0 Å². The molecule has 0 heterocycles. The van der Waals surface area contributed by atoms with Gasteiger partial charge in [0, 0.05) is 26.4 Å². The van der Waals surface area contributed by atoms with Gasteiger partial charge >= 0.3 is 30.5 Å². The van der Waals surface area contributed by atoms with Gasteiger partial charge in [-0.3, -0.25) is 9.11 Å². The first-order valence-electron chi connectivity index (χ1n) is 6.49. The van der Waals surface area contributed by atoms with Crippen LogP contribution in [0.4, 0.5) is 0 Å². The second-order valence-electron chi connectivity index (χ2n) is 3.79. The van der Waals surface area contributed by atoms with E-state index in [1.165, 1.54) is 27.7 Å². The maximum Gasteiger partial charge on any atom is 0.374 e. The molecule has 0 aromatic carbocycles. The van der Waals surface area contributed by atoms with E-state index >= 15 is 0 Å². The summed E-state index contributed by atoms with van der Waals surface area (Å²) in [6.07, 6.45) is 0. The van der Waals surface area contributed by atoms with Crippen molar-refractivity contribution in [2.45, 2.75) is 37.9 Å². The van der Waals surface area contributed by atoms with Gasteiger partial charge < -0.3 is 18.9 Å². The molecule has 0 unspecified atom stereocenters. The maximum absolute atomic E-state index is 11.8. The molecule has 0 aliphatic heterocycles. The molecule has 0 aliphatic carbocycles. The van der Waals surface area contributed by atoms with Gasteiger partial charge in [-0.15, -0.1) is 0 Å². The van der Waals surface area contributed by atoms with Gasteiger partial charge in [0.1, 0.15) is 0 Å². The molecule has 0 aromatic heterocycles. The summed E-state index contributed by atoms with van der Waals surface area (Å²) in [7, 11) is -10.7. The zero-order valence-electron chi connectivity index (χ0n) is 12.8. The molecule has 0 atom stereocenters. The first-order chi connectivity index (χ1) is 9.99. The molecule has 12 heteroatoms. The lowest BCUT2D eigenvalue weighted by Crippen LogP contribution is -2.68. The fourth-order valence-corrected chi connectivity index (χ4v) is 4.38. The molecule has 0 spiro atoms. The van der Waals surface area contributed by atoms with Crippen molar-refractivity contribution >= 4 is 20.2 Å². The molecule has 0 amide bonds. The first-order valence-corrected chi connectivity index (χ1v) is 9.37. The quantitative estimate of drug-likeness (QED) is 0.384. The largest absolute Gasteiger partial charge is 0.374 e.